The van der Waals surface area contributed by atoms with Gasteiger partial charge in [-0.2, -0.15) is 0 Å². The molecule has 0 saturated carbocycles. The zero-order valence-corrected chi connectivity index (χ0v) is 16.4. The highest BCUT2D eigenvalue weighted by atomic mass is 16.3. The minimum Gasteiger partial charge on any atom is -0.345 e. The van der Waals surface area contributed by atoms with Crippen molar-refractivity contribution in [3.8, 4) is 0 Å². The van der Waals surface area contributed by atoms with Crippen LogP contribution in [0.4, 0.5) is 0 Å². The van der Waals surface area contributed by atoms with E-state index in [0.29, 0.717) is 0 Å². The fourth-order valence-corrected chi connectivity index (χ4v) is 2.93. The van der Waals surface area contributed by atoms with Gasteiger partial charge in [0.15, 0.2) is 12.5 Å². The number of nitrogens with zero attached hydrogens (tertiary/aromatic N) is 1. The molecule has 0 bridgehead atoms. The van der Waals surface area contributed by atoms with Gasteiger partial charge in [0.1, 0.15) is 0 Å². The third-order valence-electron chi connectivity index (χ3n) is 5.30. The van der Waals surface area contributed by atoms with Crippen LogP contribution in [-0.2, 0) is 0 Å². The Morgan fingerprint density at radius 3 is 1.35 bits per heavy atom. The molecule has 23 heavy (non-hydrogen) atoms. The molecule has 2 N–H and O–H groups in total. The van der Waals surface area contributed by atoms with Crippen LogP contribution in [0.3, 0.4) is 0 Å². The number of hydrogen-bond acceptors (Lipinski definition) is 2. The van der Waals surface area contributed by atoms with E-state index in [-0.39, 0.29) is 4.48 Å². The maximum absolute atomic E-state index is 10.1. The summed E-state index contributed by atoms with van der Waals surface area (Å²) in [7, 11) is 3.77. The molecule has 0 amide bonds. The summed E-state index contributed by atoms with van der Waals surface area (Å²) in [6, 6.07) is 0. The van der Waals surface area contributed by atoms with Crippen LogP contribution in [0.1, 0.15) is 104 Å². The average Bonchev–Trinajstić information content (AvgIpc) is 2.51. The van der Waals surface area contributed by atoms with Gasteiger partial charge in [0.2, 0.25) is 0 Å². The van der Waals surface area contributed by atoms with Crippen LogP contribution in [0.25, 0.3) is 0 Å². The molecule has 0 aromatic heterocycles. The Labute approximate surface area is 145 Å². The maximum Gasteiger partial charge on any atom is 0.192 e. The van der Waals surface area contributed by atoms with Crippen molar-refractivity contribution in [2.45, 2.75) is 116 Å². The highest BCUT2D eigenvalue weighted by molar-refractivity contribution is 4.51. The summed E-state index contributed by atoms with van der Waals surface area (Å²) in [6.45, 7) is 4.01. The van der Waals surface area contributed by atoms with E-state index in [1.807, 2.05) is 14.1 Å². The lowest BCUT2D eigenvalue weighted by atomic mass is 10.0. The molecule has 0 saturated heterocycles. The number of aliphatic hydroxyl groups is 2. The van der Waals surface area contributed by atoms with Gasteiger partial charge < -0.3 is 10.2 Å². The van der Waals surface area contributed by atoms with Gasteiger partial charge in [-0.15, -0.1) is 0 Å². The highest BCUT2D eigenvalue weighted by Crippen LogP contribution is 2.17. The van der Waals surface area contributed by atoms with Crippen LogP contribution in [0.15, 0.2) is 0 Å². The second-order valence-corrected chi connectivity index (χ2v) is 7.77. The number of unbranched alkanes of at least 4 members (excludes halogenated alkanes) is 12. The summed E-state index contributed by atoms with van der Waals surface area (Å²) in [5, 5.41) is 19.8. The van der Waals surface area contributed by atoms with Crippen LogP contribution in [0.5, 0.6) is 0 Å². The molecule has 0 aromatic rings. The van der Waals surface area contributed by atoms with Crippen molar-refractivity contribution in [3.05, 3.63) is 0 Å². The smallest absolute Gasteiger partial charge is 0.192 e. The quantitative estimate of drug-likeness (QED) is 0.232. The molecule has 140 valence electrons. The van der Waals surface area contributed by atoms with Crippen molar-refractivity contribution >= 4 is 0 Å². The lowest BCUT2D eigenvalue weighted by Gasteiger charge is -2.37. The van der Waals surface area contributed by atoms with Crippen molar-refractivity contribution in [1.82, 2.24) is 0 Å². The summed E-state index contributed by atoms with van der Waals surface area (Å²) >= 11 is 0. The maximum atomic E-state index is 10.1. The van der Waals surface area contributed by atoms with Gasteiger partial charge in [-0.1, -0.05) is 84.0 Å². The molecule has 0 aliphatic heterocycles. The van der Waals surface area contributed by atoms with Crippen molar-refractivity contribution in [3.63, 3.8) is 0 Å². The third kappa shape index (κ3) is 12.0. The minimum atomic E-state index is -0.521. The van der Waals surface area contributed by atoms with E-state index in [2.05, 4.69) is 6.92 Å². The molecule has 2 atom stereocenters. The van der Waals surface area contributed by atoms with E-state index < -0.39 is 12.5 Å². The molecular formula is C20H44NO2+. The highest BCUT2D eigenvalue weighted by Gasteiger charge is 2.30. The summed E-state index contributed by atoms with van der Waals surface area (Å²) in [5.74, 6) is 0. The van der Waals surface area contributed by atoms with Gasteiger partial charge in [0.25, 0.3) is 0 Å². The molecule has 0 aliphatic rings. The van der Waals surface area contributed by atoms with E-state index in [9.17, 15) is 10.2 Å². The number of rotatable bonds is 16. The predicted octanol–water partition coefficient (Wildman–Crippen LogP) is 5.20. The summed E-state index contributed by atoms with van der Waals surface area (Å²) < 4.78 is 0.276. The Kier molecular flexibility index (Phi) is 14.2. The van der Waals surface area contributed by atoms with Gasteiger partial charge in [-0.25, -0.2) is 0 Å². The summed E-state index contributed by atoms with van der Waals surface area (Å²) in [5.41, 5.74) is 0. The Hall–Kier alpha value is -0.120. The van der Waals surface area contributed by atoms with Crippen LogP contribution >= 0.6 is 0 Å². The van der Waals surface area contributed by atoms with E-state index in [1.165, 1.54) is 77.0 Å². The Morgan fingerprint density at radius 1 is 0.652 bits per heavy atom. The Balaban J connectivity index is 3.31. The number of aliphatic hydroxyl groups excluding tert-OH is 2. The molecule has 0 rings (SSSR count). The van der Waals surface area contributed by atoms with Crippen molar-refractivity contribution in [2.75, 3.05) is 14.1 Å². The minimum absolute atomic E-state index is 0.276. The molecule has 3 nitrogen and oxygen atoms in total. The molecule has 3 heteroatoms. The zero-order valence-electron chi connectivity index (χ0n) is 16.4. The topological polar surface area (TPSA) is 40.5 Å². The number of hydrogen-bond donors (Lipinski definition) is 2. The largest absolute Gasteiger partial charge is 0.345 e. The first-order chi connectivity index (χ1) is 10.9. The van der Waals surface area contributed by atoms with E-state index in [4.69, 9.17) is 0 Å². The van der Waals surface area contributed by atoms with Crippen molar-refractivity contribution in [2.24, 2.45) is 0 Å². The van der Waals surface area contributed by atoms with Gasteiger partial charge in [0.05, 0.1) is 14.1 Å². The van der Waals surface area contributed by atoms with E-state index in [1.54, 1.807) is 6.92 Å². The van der Waals surface area contributed by atoms with Gasteiger partial charge in [0, 0.05) is 13.3 Å². The number of quaternary nitrogens is 1. The molecule has 0 heterocycles. The Morgan fingerprint density at radius 2 is 1.00 bits per heavy atom. The summed E-state index contributed by atoms with van der Waals surface area (Å²) in [4.78, 5) is 0. The molecule has 0 aromatic carbocycles. The van der Waals surface area contributed by atoms with Crippen molar-refractivity contribution in [1.29, 1.82) is 0 Å². The zero-order chi connectivity index (χ0) is 17.6. The third-order valence-corrected chi connectivity index (χ3v) is 5.30. The first-order valence-corrected chi connectivity index (χ1v) is 10.1. The molecular weight excluding hydrogens is 286 g/mol. The fourth-order valence-electron chi connectivity index (χ4n) is 2.93. The second-order valence-electron chi connectivity index (χ2n) is 7.77. The summed E-state index contributed by atoms with van der Waals surface area (Å²) in [6.07, 6.45) is 17.3. The molecule has 0 radical (unpaired) electrons. The normalized spacial score (nSPS) is 14.9. The molecule has 0 aliphatic carbocycles. The second kappa shape index (κ2) is 14.2. The van der Waals surface area contributed by atoms with Gasteiger partial charge in [-0.3, -0.25) is 4.48 Å². The van der Waals surface area contributed by atoms with Crippen LogP contribution in [-0.4, -0.2) is 41.2 Å². The van der Waals surface area contributed by atoms with Crippen LogP contribution in [0, 0.1) is 0 Å². The molecule has 0 fully saturated rings. The molecule has 2 unspecified atom stereocenters. The van der Waals surface area contributed by atoms with E-state index >= 15 is 0 Å². The standard InChI is InChI=1S/C20H44NO2/c1-5-6-7-8-9-10-11-12-13-14-15-16-17-18-20(23)21(3,4)19(2)22/h19-20,22-23H,5-18H2,1-4H3/q+1. The monoisotopic (exact) mass is 330 g/mol. The fraction of sp³-hybridized carbons (Fsp3) is 1.00. The Bertz CT molecular complexity index is 254. The first-order valence-electron chi connectivity index (χ1n) is 10.1. The first kappa shape index (κ1) is 22.9. The lowest BCUT2D eigenvalue weighted by molar-refractivity contribution is -0.976. The predicted molar refractivity (Wildman–Crippen MR) is 100 cm³/mol. The van der Waals surface area contributed by atoms with E-state index in [0.717, 1.165) is 12.8 Å². The van der Waals surface area contributed by atoms with Crippen LogP contribution < -0.4 is 0 Å². The lowest BCUT2D eigenvalue weighted by Crippen LogP contribution is -2.54. The molecule has 0 spiro atoms. The average molecular weight is 331 g/mol. The van der Waals surface area contributed by atoms with Crippen LogP contribution in [0.2, 0.25) is 0 Å². The van der Waals surface area contributed by atoms with Gasteiger partial charge in [-0.05, 0) is 6.42 Å². The van der Waals surface area contributed by atoms with Gasteiger partial charge >= 0.3 is 0 Å². The van der Waals surface area contributed by atoms with Crippen molar-refractivity contribution < 1.29 is 14.7 Å². The SMILES string of the molecule is CCCCCCCCCCCCCCCC(O)[N+](C)(C)C(C)O.